The van der Waals surface area contributed by atoms with Crippen LogP contribution in [-0.2, 0) is 33.8 Å². The van der Waals surface area contributed by atoms with E-state index in [2.05, 4.69) is 27.2 Å². The van der Waals surface area contributed by atoms with Gasteiger partial charge in [-0.15, -0.1) is 11.3 Å². The lowest BCUT2D eigenvalue weighted by Gasteiger charge is -2.40. The summed E-state index contributed by atoms with van der Waals surface area (Å²) in [7, 11) is -2.13. The largest absolute Gasteiger partial charge is 0.393 e. The zero-order valence-corrected chi connectivity index (χ0v) is 19.6. The van der Waals surface area contributed by atoms with Gasteiger partial charge in [0.1, 0.15) is 11.4 Å². The minimum absolute atomic E-state index is 0.0382. The molecule has 32 heavy (non-hydrogen) atoms. The maximum absolute atomic E-state index is 13.1. The maximum atomic E-state index is 13.1. The molecule has 0 radical (unpaired) electrons. The molecule has 0 spiro atoms. The van der Waals surface area contributed by atoms with Gasteiger partial charge in [0, 0.05) is 30.9 Å². The summed E-state index contributed by atoms with van der Waals surface area (Å²) in [5.74, 6) is 0.543. The van der Waals surface area contributed by atoms with Crippen molar-refractivity contribution in [1.29, 1.82) is 0 Å². The number of aliphatic hydroxyl groups excluding tert-OH is 1. The van der Waals surface area contributed by atoms with Gasteiger partial charge in [-0.3, -0.25) is 0 Å². The number of rotatable bonds is 8. The highest BCUT2D eigenvalue weighted by molar-refractivity contribution is 7.89. The minimum Gasteiger partial charge on any atom is -0.393 e. The SMILES string of the molecule is CCCc1cnc(Nc2cccc(C3(CO)CN(S(=O)(=O)c4cn(C)cn4)CCO3)n2)s1. The predicted octanol–water partition coefficient (Wildman–Crippen LogP) is 1.88. The van der Waals surface area contributed by atoms with E-state index in [0.717, 1.165) is 18.0 Å². The molecule has 0 saturated carbocycles. The molecule has 4 rings (SSSR count). The Hall–Kier alpha value is -2.38. The van der Waals surface area contributed by atoms with Gasteiger partial charge in [0.2, 0.25) is 0 Å². The normalized spacial score (nSPS) is 19.8. The lowest BCUT2D eigenvalue weighted by Crippen LogP contribution is -2.54. The maximum Gasteiger partial charge on any atom is 0.262 e. The third-order valence-electron chi connectivity index (χ3n) is 5.19. The van der Waals surface area contributed by atoms with Crippen molar-refractivity contribution in [3.8, 4) is 0 Å². The number of hydrogen-bond donors (Lipinski definition) is 2. The monoisotopic (exact) mass is 478 g/mol. The second kappa shape index (κ2) is 9.24. The summed E-state index contributed by atoms with van der Waals surface area (Å²) >= 11 is 1.56. The fraction of sp³-hybridized carbons (Fsp3) is 0.450. The van der Waals surface area contributed by atoms with Gasteiger partial charge in [0.25, 0.3) is 10.0 Å². The quantitative estimate of drug-likeness (QED) is 0.503. The molecular weight excluding hydrogens is 452 g/mol. The van der Waals surface area contributed by atoms with Crippen LogP contribution in [0.3, 0.4) is 0 Å². The van der Waals surface area contributed by atoms with Crippen LogP contribution in [-0.4, -0.2) is 63.7 Å². The fourth-order valence-corrected chi connectivity index (χ4v) is 5.90. The van der Waals surface area contributed by atoms with Gasteiger partial charge >= 0.3 is 0 Å². The van der Waals surface area contributed by atoms with Crippen LogP contribution < -0.4 is 5.32 Å². The first-order valence-corrected chi connectivity index (χ1v) is 12.5. The van der Waals surface area contributed by atoms with Crippen LogP contribution in [0.2, 0.25) is 0 Å². The molecule has 1 atom stereocenters. The summed E-state index contributed by atoms with van der Waals surface area (Å²) < 4.78 is 34.9. The molecule has 4 heterocycles. The number of nitrogens with one attached hydrogen (secondary N) is 1. The Labute approximate surface area is 191 Å². The number of imidazole rings is 1. The Bertz CT molecular complexity index is 1180. The van der Waals surface area contributed by atoms with Crippen LogP contribution in [0.4, 0.5) is 10.9 Å². The first kappa shape index (κ1) is 22.8. The van der Waals surface area contributed by atoms with Crippen molar-refractivity contribution in [3.63, 3.8) is 0 Å². The Balaban J connectivity index is 1.58. The van der Waals surface area contributed by atoms with Crippen LogP contribution in [0.25, 0.3) is 0 Å². The van der Waals surface area contributed by atoms with Crippen molar-refractivity contribution < 1.29 is 18.3 Å². The predicted molar refractivity (Wildman–Crippen MR) is 120 cm³/mol. The van der Waals surface area contributed by atoms with E-state index in [4.69, 9.17) is 4.74 Å². The van der Waals surface area contributed by atoms with Crippen molar-refractivity contribution in [2.75, 3.05) is 31.6 Å². The van der Waals surface area contributed by atoms with E-state index in [1.165, 1.54) is 21.7 Å². The topological polar surface area (TPSA) is 122 Å². The zero-order valence-electron chi connectivity index (χ0n) is 17.9. The standard InChI is InChI=1S/C20H26N6O4S2/c1-3-5-15-10-21-19(31-15)24-17-7-4-6-16(23-17)20(13-27)12-26(8-9-30-20)32(28,29)18-11-25(2)14-22-18/h4,6-7,10-11,14,27H,3,5,8-9,12-13H2,1-2H3,(H,21,23,24). The van der Waals surface area contributed by atoms with Crippen molar-refractivity contribution in [2.45, 2.75) is 30.4 Å². The van der Waals surface area contributed by atoms with Crippen LogP contribution >= 0.6 is 11.3 Å². The highest BCUT2D eigenvalue weighted by atomic mass is 32.2. The molecule has 0 aliphatic carbocycles. The van der Waals surface area contributed by atoms with E-state index in [1.807, 2.05) is 6.20 Å². The first-order chi connectivity index (χ1) is 15.4. The molecule has 2 N–H and O–H groups in total. The van der Waals surface area contributed by atoms with Crippen LogP contribution in [0, 0.1) is 0 Å². The Morgan fingerprint density at radius 3 is 2.91 bits per heavy atom. The number of aryl methyl sites for hydroxylation is 2. The summed E-state index contributed by atoms with van der Waals surface area (Å²) in [6, 6.07) is 5.31. The number of anilines is 2. The number of sulfonamides is 1. The number of hydrogen-bond acceptors (Lipinski definition) is 9. The van der Waals surface area contributed by atoms with Gasteiger partial charge in [-0.1, -0.05) is 19.4 Å². The van der Waals surface area contributed by atoms with Gasteiger partial charge in [0.05, 0.1) is 31.8 Å². The van der Waals surface area contributed by atoms with Crippen LogP contribution in [0.15, 0.2) is 41.9 Å². The average Bonchev–Trinajstić information content (AvgIpc) is 3.43. The molecule has 0 aromatic carbocycles. The molecule has 0 bridgehead atoms. The molecule has 1 saturated heterocycles. The van der Waals surface area contributed by atoms with Crippen molar-refractivity contribution in [1.82, 2.24) is 23.8 Å². The van der Waals surface area contributed by atoms with Crippen LogP contribution in [0.1, 0.15) is 23.9 Å². The van der Waals surface area contributed by atoms with Gasteiger partial charge in [-0.2, -0.15) is 4.31 Å². The van der Waals surface area contributed by atoms with E-state index in [-0.39, 0.29) is 24.7 Å². The third-order valence-corrected chi connectivity index (χ3v) is 7.90. The highest BCUT2D eigenvalue weighted by Crippen LogP contribution is 2.32. The lowest BCUT2D eigenvalue weighted by molar-refractivity contribution is -0.124. The number of aromatic nitrogens is 4. The van der Waals surface area contributed by atoms with E-state index in [9.17, 15) is 13.5 Å². The molecule has 172 valence electrons. The molecule has 12 heteroatoms. The van der Waals surface area contributed by atoms with Gasteiger partial charge in [-0.05, 0) is 18.6 Å². The number of pyridine rings is 1. The highest BCUT2D eigenvalue weighted by Gasteiger charge is 2.44. The Kier molecular flexibility index (Phi) is 6.58. The first-order valence-electron chi connectivity index (χ1n) is 10.3. The number of aliphatic hydroxyl groups is 1. The van der Waals surface area contributed by atoms with Gasteiger partial charge in [0.15, 0.2) is 10.2 Å². The molecule has 1 aliphatic heterocycles. The van der Waals surface area contributed by atoms with E-state index >= 15 is 0 Å². The molecular formula is C20H26N6O4S2. The molecule has 1 unspecified atom stereocenters. The van der Waals surface area contributed by atoms with E-state index in [0.29, 0.717) is 11.5 Å². The second-order valence-electron chi connectivity index (χ2n) is 7.63. The molecule has 3 aromatic heterocycles. The molecule has 1 aliphatic rings. The second-order valence-corrected chi connectivity index (χ2v) is 10.6. The number of thiazole rings is 1. The summed E-state index contributed by atoms with van der Waals surface area (Å²) in [4.78, 5) is 14.2. The fourth-order valence-electron chi connectivity index (χ4n) is 3.54. The van der Waals surface area contributed by atoms with E-state index in [1.54, 1.807) is 41.2 Å². The Morgan fingerprint density at radius 1 is 1.34 bits per heavy atom. The summed E-state index contributed by atoms with van der Waals surface area (Å²) in [5, 5.41) is 14.1. The molecule has 1 fully saturated rings. The summed E-state index contributed by atoms with van der Waals surface area (Å²) in [5.41, 5.74) is -0.843. The number of morpholine rings is 1. The Morgan fingerprint density at radius 2 is 2.19 bits per heavy atom. The summed E-state index contributed by atoms with van der Waals surface area (Å²) in [6.45, 7) is 1.91. The number of ether oxygens (including phenoxy) is 1. The smallest absolute Gasteiger partial charge is 0.262 e. The van der Waals surface area contributed by atoms with Crippen molar-refractivity contribution in [3.05, 3.63) is 47.5 Å². The van der Waals surface area contributed by atoms with Crippen LogP contribution in [0.5, 0.6) is 0 Å². The molecule has 10 nitrogen and oxygen atoms in total. The molecule has 3 aromatic rings. The van der Waals surface area contributed by atoms with E-state index < -0.39 is 22.2 Å². The number of nitrogens with zero attached hydrogens (tertiary/aromatic N) is 5. The van der Waals surface area contributed by atoms with Gasteiger partial charge in [-0.25, -0.2) is 23.4 Å². The van der Waals surface area contributed by atoms with Gasteiger partial charge < -0.3 is 19.7 Å². The minimum atomic E-state index is -3.83. The van der Waals surface area contributed by atoms with Crippen molar-refractivity contribution >= 4 is 32.3 Å². The zero-order chi connectivity index (χ0) is 22.8. The third kappa shape index (κ3) is 4.55. The van der Waals surface area contributed by atoms with Crippen molar-refractivity contribution in [2.24, 2.45) is 7.05 Å². The summed E-state index contributed by atoms with van der Waals surface area (Å²) in [6.07, 6.45) is 6.75. The average molecular weight is 479 g/mol. The molecule has 0 amide bonds. The lowest BCUT2D eigenvalue weighted by atomic mass is 9.98.